The second kappa shape index (κ2) is 4.46. The second-order valence-electron chi connectivity index (χ2n) is 1.44. The Kier molecular flexibility index (Phi) is 4.07. The number of hydrazine groups is 1. The van der Waals surface area contributed by atoms with E-state index in [-0.39, 0.29) is 0 Å². The average molecular weight is 115 g/mol. The third-order valence-electron chi connectivity index (χ3n) is 0.960. The molecular formula is C5H13N3. The Labute approximate surface area is 49.9 Å². The maximum absolute atomic E-state index is 5.01. The van der Waals surface area contributed by atoms with Gasteiger partial charge in [-0.2, -0.15) is 0 Å². The zero-order valence-corrected chi connectivity index (χ0v) is 5.36. The van der Waals surface area contributed by atoms with Crippen molar-refractivity contribution < 1.29 is 0 Å². The molecule has 0 saturated carbocycles. The van der Waals surface area contributed by atoms with Gasteiger partial charge in [-0.25, -0.2) is 0 Å². The summed E-state index contributed by atoms with van der Waals surface area (Å²) in [5, 5.41) is 2.97. The lowest BCUT2D eigenvalue weighted by atomic mass is 10.4. The van der Waals surface area contributed by atoms with E-state index >= 15 is 0 Å². The van der Waals surface area contributed by atoms with Crippen LogP contribution in [0.1, 0.15) is 13.3 Å². The number of nitrogens with two attached hydrogens (primary N) is 1. The Balaban J connectivity index is 3.49. The topological polar surface area (TPSA) is 50.1 Å². The van der Waals surface area contributed by atoms with Crippen molar-refractivity contribution in [1.29, 1.82) is 0 Å². The van der Waals surface area contributed by atoms with Crippen LogP contribution in [-0.2, 0) is 0 Å². The first-order chi connectivity index (χ1) is 3.85. The molecule has 0 fully saturated rings. The number of hydrogen-bond donors (Lipinski definition) is 3. The Morgan fingerprint density at radius 2 is 2.38 bits per heavy atom. The van der Waals surface area contributed by atoms with Gasteiger partial charge in [-0.05, 0) is 6.42 Å². The Bertz CT molecular complexity index is 71.7. The summed E-state index contributed by atoms with van der Waals surface area (Å²) in [6.45, 7) is 2.06. The highest BCUT2D eigenvalue weighted by Gasteiger charge is 1.82. The first-order valence-corrected chi connectivity index (χ1v) is 2.68. The van der Waals surface area contributed by atoms with Crippen LogP contribution in [0.5, 0.6) is 0 Å². The van der Waals surface area contributed by atoms with Crippen LogP contribution in [0.2, 0.25) is 0 Å². The summed E-state index contributed by atoms with van der Waals surface area (Å²) in [5.74, 6) is 5.01. The van der Waals surface area contributed by atoms with Gasteiger partial charge in [-0.15, -0.1) is 0 Å². The molecule has 4 N–H and O–H groups in total. The van der Waals surface area contributed by atoms with Crippen molar-refractivity contribution in [2.24, 2.45) is 5.84 Å². The van der Waals surface area contributed by atoms with E-state index in [0.29, 0.717) is 0 Å². The van der Waals surface area contributed by atoms with Gasteiger partial charge in [0, 0.05) is 18.9 Å². The number of hydrogen-bond acceptors (Lipinski definition) is 3. The Hall–Kier alpha value is -0.700. The molecule has 0 aliphatic rings. The minimum absolute atomic E-state index is 0.973. The van der Waals surface area contributed by atoms with Gasteiger partial charge >= 0.3 is 0 Å². The molecule has 0 aliphatic carbocycles. The van der Waals surface area contributed by atoms with Gasteiger partial charge in [-0.3, -0.25) is 5.84 Å². The van der Waals surface area contributed by atoms with Crippen LogP contribution >= 0.6 is 0 Å². The van der Waals surface area contributed by atoms with Gasteiger partial charge in [0.15, 0.2) is 0 Å². The summed E-state index contributed by atoms with van der Waals surface area (Å²) in [5.41, 5.74) is 3.55. The molecule has 0 amide bonds. The van der Waals surface area contributed by atoms with Crippen LogP contribution in [0.3, 0.4) is 0 Å². The van der Waals surface area contributed by atoms with Crippen molar-refractivity contribution in [1.82, 2.24) is 10.7 Å². The van der Waals surface area contributed by atoms with E-state index in [0.717, 1.165) is 12.1 Å². The van der Waals surface area contributed by atoms with Gasteiger partial charge in [-0.1, -0.05) is 6.92 Å². The summed E-state index contributed by atoms with van der Waals surface area (Å²) >= 11 is 0. The number of allylic oxidation sites excluding steroid dienone is 1. The molecule has 0 spiro atoms. The first-order valence-electron chi connectivity index (χ1n) is 2.68. The number of rotatable bonds is 3. The molecule has 0 aromatic heterocycles. The highest BCUT2D eigenvalue weighted by atomic mass is 15.2. The van der Waals surface area contributed by atoms with Crippen molar-refractivity contribution in [2.75, 3.05) is 7.05 Å². The summed E-state index contributed by atoms with van der Waals surface area (Å²) in [4.78, 5) is 0. The smallest absolute Gasteiger partial charge is 0.0312 e. The van der Waals surface area contributed by atoms with Crippen LogP contribution in [0.25, 0.3) is 0 Å². The SMILES string of the molecule is CC/C(=C/NN)NC. The van der Waals surface area contributed by atoms with Gasteiger partial charge < -0.3 is 10.7 Å². The van der Waals surface area contributed by atoms with Crippen molar-refractivity contribution in [3.63, 3.8) is 0 Å². The van der Waals surface area contributed by atoms with Crippen LogP contribution in [0.15, 0.2) is 11.9 Å². The molecule has 0 aromatic rings. The molecule has 0 saturated heterocycles. The van der Waals surface area contributed by atoms with Crippen LogP contribution in [-0.4, -0.2) is 7.05 Å². The average Bonchev–Trinajstić information content (AvgIpc) is 1.83. The molecule has 0 heterocycles. The molecule has 3 nitrogen and oxygen atoms in total. The van der Waals surface area contributed by atoms with Gasteiger partial charge in [0.25, 0.3) is 0 Å². The van der Waals surface area contributed by atoms with E-state index in [4.69, 9.17) is 5.84 Å². The quantitative estimate of drug-likeness (QED) is 0.356. The minimum atomic E-state index is 0.973. The Morgan fingerprint density at radius 3 is 2.50 bits per heavy atom. The summed E-state index contributed by atoms with van der Waals surface area (Å²) in [7, 11) is 1.87. The van der Waals surface area contributed by atoms with E-state index < -0.39 is 0 Å². The lowest BCUT2D eigenvalue weighted by molar-refractivity contribution is 0.847. The zero-order chi connectivity index (χ0) is 6.41. The maximum Gasteiger partial charge on any atom is 0.0312 e. The molecule has 3 heteroatoms. The van der Waals surface area contributed by atoms with Crippen molar-refractivity contribution in [2.45, 2.75) is 13.3 Å². The lowest BCUT2D eigenvalue weighted by Gasteiger charge is -2.00. The van der Waals surface area contributed by atoms with Gasteiger partial charge in [0.05, 0.1) is 0 Å². The highest BCUT2D eigenvalue weighted by Crippen LogP contribution is 1.88. The fraction of sp³-hybridized carbons (Fsp3) is 0.600. The maximum atomic E-state index is 5.01. The standard InChI is InChI=1S/C5H13N3/c1-3-5(7-2)4-8-6/h4,7-8H,3,6H2,1-2H3/b5-4-. The van der Waals surface area contributed by atoms with Crippen LogP contribution in [0.4, 0.5) is 0 Å². The monoisotopic (exact) mass is 115 g/mol. The molecule has 0 bridgehead atoms. The Morgan fingerprint density at radius 1 is 1.75 bits per heavy atom. The highest BCUT2D eigenvalue weighted by molar-refractivity contribution is 4.94. The molecule has 0 radical (unpaired) electrons. The van der Waals surface area contributed by atoms with Crippen LogP contribution in [0, 0.1) is 0 Å². The normalized spacial score (nSPS) is 11.1. The van der Waals surface area contributed by atoms with Crippen LogP contribution < -0.4 is 16.6 Å². The summed E-state index contributed by atoms with van der Waals surface area (Å²) < 4.78 is 0. The van der Waals surface area contributed by atoms with E-state index in [1.165, 1.54) is 0 Å². The third kappa shape index (κ3) is 2.47. The summed E-state index contributed by atoms with van der Waals surface area (Å²) in [6.07, 6.45) is 2.71. The van der Waals surface area contributed by atoms with Crippen molar-refractivity contribution >= 4 is 0 Å². The summed E-state index contributed by atoms with van der Waals surface area (Å²) in [6, 6.07) is 0. The van der Waals surface area contributed by atoms with Gasteiger partial charge in [0.2, 0.25) is 0 Å². The number of nitrogens with one attached hydrogen (secondary N) is 2. The second-order valence-corrected chi connectivity index (χ2v) is 1.44. The molecule has 0 aromatic carbocycles. The minimum Gasteiger partial charge on any atom is -0.390 e. The molecule has 0 atom stereocenters. The van der Waals surface area contributed by atoms with E-state index in [9.17, 15) is 0 Å². The molecule has 8 heavy (non-hydrogen) atoms. The molecule has 0 unspecified atom stereocenters. The fourth-order valence-electron chi connectivity index (χ4n) is 0.452. The molecule has 0 rings (SSSR count). The van der Waals surface area contributed by atoms with Crippen molar-refractivity contribution in [3.8, 4) is 0 Å². The fourth-order valence-corrected chi connectivity index (χ4v) is 0.452. The van der Waals surface area contributed by atoms with E-state index in [2.05, 4.69) is 17.7 Å². The van der Waals surface area contributed by atoms with Crippen molar-refractivity contribution in [3.05, 3.63) is 11.9 Å². The molecule has 0 aliphatic heterocycles. The predicted octanol–water partition coefficient (Wildman–Crippen LogP) is -0.0795. The van der Waals surface area contributed by atoms with E-state index in [1.807, 2.05) is 7.05 Å². The predicted molar refractivity (Wildman–Crippen MR) is 34.8 cm³/mol. The molecule has 48 valence electrons. The zero-order valence-electron chi connectivity index (χ0n) is 5.36. The molecular weight excluding hydrogens is 102 g/mol. The first kappa shape index (κ1) is 7.30. The third-order valence-corrected chi connectivity index (χ3v) is 0.960. The van der Waals surface area contributed by atoms with E-state index in [1.54, 1.807) is 6.20 Å². The van der Waals surface area contributed by atoms with Gasteiger partial charge in [0.1, 0.15) is 0 Å². The largest absolute Gasteiger partial charge is 0.390 e. The lowest BCUT2D eigenvalue weighted by Crippen LogP contribution is -2.17.